The molecule has 0 spiro atoms. The molecule has 1 heterocycles. The van der Waals surface area contributed by atoms with Crippen LogP contribution in [-0.2, 0) is 0 Å². The fourth-order valence-electron chi connectivity index (χ4n) is 3.59. The Balaban J connectivity index is 1.32. The Bertz CT molecular complexity index is 987. The molecule has 0 aromatic heterocycles. The largest absolute Gasteiger partial charge is 0.490 e. The molecule has 0 unspecified atom stereocenters. The average molecular weight is 420 g/mol. The number of hydrogen-bond donors (Lipinski definition) is 0. The summed E-state index contributed by atoms with van der Waals surface area (Å²) in [6, 6.07) is 23.3. The maximum Gasteiger partial charge on any atom is 0.257 e. The van der Waals surface area contributed by atoms with Gasteiger partial charge in [0.25, 0.3) is 5.91 Å². The van der Waals surface area contributed by atoms with E-state index in [2.05, 4.69) is 4.90 Å². The summed E-state index contributed by atoms with van der Waals surface area (Å²) in [6.07, 6.45) is 0. The van der Waals surface area contributed by atoms with E-state index in [1.807, 2.05) is 53.4 Å². The standard InChI is InChI=1S/C25H25FN2O3/c26-20-10-12-21(13-11-20)27-14-16-28(17-15-27)25(29)23-8-4-5-9-24(23)31-19-18-30-22-6-2-1-3-7-22/h1-13H,14-19H2. The third-order valence-corrected chi connectivity index (χ3v) is 5.23. The van der Waals surface area contributed by atoms with Gasteiger partial charge in [-0.25, -0.2) is 4.39 Å². The summed E-state index contributed by atoms with van der Waals surface area (Å²) in [6.45, 7) is 3.33. The van der Waals surface area contributed by atoms with E-state index in [9.17, 15) is 9.18 Å². The van der Waals surface area contributed by atoms with Crippen molar-refractivity contribution in [1.82, 2.24) is 4.90 Å². The predicted molar refractivity (Wildman–Crippen MR) is 118 cm³/mol. The minimum atomic E-state index is -0.247. The van der Waals surface area contributed by atoms with Crippen LogP contribution in [-0.4, -0.2) is 50.2 Å². The molecule has 0 bridgehead atoms. The highest BCUT2D eigenvalue weighted by atomic mass is 19.1. The quantitative estimate of drug-likeness (QED) is 0.536. The summed E-state index contributed by atoms with van der Waals surface area (Å²) in [5.74, 6) is 1.06. The number of ether oxygens (including phenoxy) is 2. The second-order valence-corrected chi connectivity index (χ2v) is 7.26. The molecule has 1 fully saturated rings. The third-order valence-electron chi connectivity index (χ3n) is 5.23. The van der Waals surface area contributed by atoms with Crippen molar-refractivity contribution < 1.29 is 18.7 Å². The van der Waals surface area contributed by atoms with Crippen molar-refractivity contribution in [3.63, 3.8) is 0 Å². The predicted octanol–water partition coefficient (Wildman–Crippen LogP) is 4.25. The highest BCUT2D eigenvalue weighted by Crippen LogP contribution is 2.22. The van der Waals surface area contributed by atoms with Gasteiger partial charge in [-0.3, -0.25) is 4.79 Å². The molecule has 160 valence electrons. The van der Waals surface area contributed by atoms with Gasteiger partial charge in [0.2, 0.25) is 0 Å². The molecule has 6 heteroatoms. The number of carbonyl (C=O) groups excluding carboxylic acids is 1. The molecule has 0 aliphatic carbocycles. The van der Waals surface area contributed by atoms with Crippen molar-refractivity contribution in [2.45, 2.75) is 0 Å². The van der Waals surface area contributed by atoms with Crippen LogP contribution in [0.15, 0.2) is 78.9 Å². The van der Waals surface area contributed by atoms with Crippen molar-refractivity contribution in [1.29, 1.82) is 0 Å². The summed E-state index contributed by atoms with van der Waals surface area (Å²) in [4.78, 5) is 17.1. The van der Waals surface area contributed by atoms with E-state index in [0.717, 1.165) is 11.4 Å². The fraction of sp³-hybridized carbons (Fsp3) is 0.240. The molecule has 0 N–H and O–H groups in total. The van der Waals surface area contributed by atoms with E-state index in [0.29, 0.717) is 50.7 Å². The van der Waals surface area contributed by atoms with Crippen LogP contribution in [0, 0.1) is 5.82 Å². The van der Waals surface area contributed by atoms with Gasteiger partial charge in [-0.2, -0.15) is 0 Å². The molecule has 3 aromatic rings. The van der Waals surface area contributed by atoms with Gasteiger partial charge in [-0.1, -0.05) is 30.3 Å². The summed E-state index contributed by atoms with van der Waals surface area (Å²) in [5, 5.41) is 0. The Morgan fingerprint density at radius 1 is 0.774 bits per heavy atom. The summed E-state index contributed by atoms with van der Waals surface area (Å²) >= 11 is 0. The lowest BCUT2D eigenvalue weighted by molar-refractivity contribution is 0.0741. The van der Waals surface area contributed by atoms with Gasteiger partial charge in [-0.15, -0.1) is 0 Å². The Hall–Kier alpha value is -3.54. The summed E-state index contributed by atoms with van der Waals surface area (Å²) in [7, 11) is 0. The van der Waals surface area contributed by atoms with Crippen molar-refractivity contribution >= 4 is 11.6 Å². The zero-order chi connectivity index (χ0) is 21.5. The van der Waals surface area contributed by atoms with Crippen molar-refractivity contribution in [2.75, 3.05) is 44.3 Å². The van der Waals surface area contributed by atoms with Crippen molar-refractivity contribution in [2.24, 2.45) is 0 Å². The van der Waals surface area contributed by atoms with Crippen LogP contribution in [0.3, 0.4) is 0 Å². The smallest absolute Gasteiger partial charge is 0.257 e. The lowest BCUT2D eigenvalue weighted by Gasteiger charge is -2.36. The summed E-state index contributed by atoms with van der Waals surface area (Å²) in [5.41, 5.74) is 1.52. The normalized spacial score (nSPS) is 13.7. The first kappa shape index (κ1) is 20.7. The Morgan fingerprint density at radius 2 is 1.42 bits per heavy atom. The lowest BCUT2D eigenvalue weighted by Crippen LogP contribution is -2.48. The molecule has 1 saturated heterocycles. The van der Waals surface area contributed by atoms with E-state index < -0.39 is 0 Å². The zero-order valence-electron chi connectivity index (χ0n) is 17.2. The molecule has 0 saturated carbocycles. The first-order valence-electron chi connectivity index (χ1n) is 10.4. The van der Waals surface area contributed by atoms with Gasteiger partial charge in [0, 0.05) is 31.9 Å². The molecule has 5 nitrogen and oxygen atoms in total. The Morgan fingerprint density at radius 3 is 2.16 bits per heavy atom. The van der Waals surface area contributed by atoms with Crippen LogP contribution in [0.2, 0.25) is 0 Å². The van der Waals surface area contributed by atoms with Gasteiger partial charge in [0.1, 0.15) is 30.5 Å². The number of amides is 1. The molecule has 4 rings (SSSR count). The van der Waals surface area contributed by atoms with Crippen LogP contribution in [0.25, 0.3) is 0 Å². The number of rotatable bonds is 7. The number of benzene rings is 3. The van der Waals surface area contributed by atoms with Gasteiger partial charge in [-0.05, 0) is 48.5 Å². The lowest BCUT2D eigenvalue weighted by atomic mass is 10.1. The zero-order valence-corrected chi connectivity index (χ0v) is 17.2. The fourth-order valence-corrected chi connectivity index (χ4v) is 3.59. The molecule has 1 amide bonds. The molecular formula is C25H25FN2O3. The Kier molecular flexibility index (Phi) is 6.67. The molecule has 3 aromatic carbocycles. The van der Waals surface area contributed by atoms with Crippen LogP contribution in [0.5, 0.6) is 11.5 Å². The number of carbonyl (C=O) groups is 1. The average Bonchev–Trinajstić information content (AvgIpc) is 2.83. The minimum absolute atomic E-state index is 0.0432. The van der Waals surface area contributed by atoms with Gasteiger partial charge >= 0.3 is 0 Å². The molecule has 1 aliphatic heterocycles. The monoisotopic (exact) mass is 420 g/mol. The first-order valence-corrected chi connectivity index (χ1v) is 10.4. The Labute approximate surface area is 181 Å². The van der Waals surface area contributed by atoms with Gasteiger partial charge < -0.3 is 19.3 Å². The SMILES string of the molecule is O=C(c1ccccc1OCCOc1ccccc1)N1CCN(c2ccc(F)cc2)CC1. The topological polar surface area (TPSA) is 42.0 Å². The number of piperazine rings is 1. The second-order valence-electron chi connectivity index (χ2n) is 7.26. The second kappa shape index (κ2) is 9.98. The van der Waals surface area contributed by atoms with Crippen molar-refractivity contribution in [3.05, 3.63) is 90.2 Å². The van der Waals surface area contributed by atoms with Gasteiger partial charge in [0.15, 0.2) is 0 Å². The summed E-state index contributed by atoms with van der Waals surface area (Å²) < 4.78 is 24.7. The van der Waals surface area contributed by atoms with E-state index in [1.54, 1.807) is 18.2 Å². The number of halogens is 1. The molecular weight excluding hydrogens is 395 g/mol. The number of hydrogen-bond acceptors (Lipinski definition) is 4. The minimum Gasteiger partial charge on any atom is -0.490 e. The first-order chi connectivity index (χ1) is 15.2. The highest BCUT2D eigenvalue weighted by Gasteiger charge is 2.24. The molecule has 0 radical (unpaired) electrons. The molecule has 1 aliphatic rings. The number of anilines is 1. The maximum atomic E-state index is 13.2. The highest BCUT2D eigenvalue weighted by molar-refractivity contribution is 5.97. The molecule has 31 heavy (non-hydrogen) atoms. The van der Waals surface area contributed by atoms with Crippen molar-refractivity contribution in [3.8, 4) is 11.5 Å². The number of para-hydroxylation sites is 2. The van der Waals surface area contributed by atoms with E-state index in [4.69, 9.17) is 9.47 Å². The van der Waals surface area contributed by atoms with Gasteiger partial charge in [0.05, 0.1) is 5.56 Å². The van der Waals surface area contributed by atoms with Crippen LogP contribution in [0.4, 0.5) is 10.1 Å². The molecule has 0 atom stereocenters. The van der Waals surface area contributed by atoms with E-state index >= 15 is 0 Å². The van der Waals surface area contributed by atoms with Crippen LogP contribution >= 0.6 is 0 Å². The number of nitrogens with zero attached hydrogens (tertiary/aromatic N) is 2. The van der Waals surface area contributed by atoms with Crippen LogP contribution < -0.4 is 14.4 Å². The van der Waals surface area contributed by atoms with E-state index in [-0.39, 0.29) is 11.7 Å². The van der Waals surface area contributed by atoms with E-state index in [1.165, 1.54) is 12.1 Å². The maximum absolute atomic E-state index is 13.2. The third kappa shape index (κ3) is 5.34. The van der Waals surface area contributed by atoms with Crippen LogP contribution in [0.1, 0.15) is 10.4 Å².